The second-order valence-electron chi connectivity index (χ2n) is 0. The Morgan fingerprint density at radius 3 is 0.00847 bits per heavy atom. The molecule has 0 amide bonds. The van der Waals surface area contributed by atoms with Crippen LogP contribution < -0.4 is 0 Å². The third kappa shape index (κ3) is 873. The molecule has 0 rings (SSSR count). The predicted octanol–water partition coefficient (Wildman–Crippen LogP) is -0.295. The van der Waals surface area contributed by atoms with Gasteiger partial charge in [-0.1, -0.05) is 0 Å². The average Bonchev–Trinajstić information content (AvgIpc) is 0. The topological polar surface area (TPSA) is 0 Å². The molecule has 0 nitrogen and oxygen atoms in total. The average molecular weight is 10500 g/mol. The Kier molecular flexibility index (Phi) is 6700. The van der Waals surface area contributed by atoms with Gasteiger partial charge < -0.3 is 0 Å². The standard InChI is InChI=1S/118Y. The smallest absolute Gasteiger partial charge is 0 e. The van der Waals surface area contributed by atoms with E-state index in [-0.39, 0.29) is 3860 Å². The van der Waals surface area contributed by atoms with Gasteiger partial charge in [0, 0.05) is 3860 Å². The SMILES string of the molecule is [Y].[Y].[Y].[Y].[Y].[Y].[Y].[Y].[Y].[Y].[Y].[Y].[Y].[Y].[Y].[Y].[Y].[Y].[Y].[Y].[Y].[Y].[Y].[Y].[Y].[Y].[Y].[Y].[Y].[Y].[Y].[Y].[Y].[Y].[Y].[Y].[Y].[Y].[Y].[Y].[Y].[Y].[Y].[Y].[Y].[Y].[Y].[Y].[Y].[Y].[Y].[Y].[Y].[Y].[Y].[Y].[Y].[Y].[Y].[Y].[Y].[Y].[Y].[Y].[Y].[Y].[Y].[Y].[Y].[Y].[Y].[Y].[Y].[Y].[Y].[Y].[Y].[Y].[Y].[Y].[Y].[Y].[Y].[Y].[Y].[Y].[Y].[Y].[Y].[Y].[Y].[Y].[Y].[Y].[Y].[Y].[Y].[Y].[Y].[Y].[Y].[Y].[Y].[Y].[Y].[Y].[Y].[Y].[Y].[Y].[Y].[Y].[Y].[Y].[Y].[Y].[Y].[Y]. The Hall–Kier alpha value is 130. The van der Waals surface area contributed by atoms with E-state index in [1.165, 1.54) is 0 Å². The van der Waals surface area contributed by atoms with Gasteiger partial charge in [-0.25, -0.2) is 0 Å². The molecule has 0 aromatic rings. The quantitative estimate of drug-likeness (QED) is 0.314. The Labute approximate surface area is 3700 Å². The second-order valence-corrected chi connectivity index (χ2v) is 0. The summed E-state index contributed by atoms with van der Waals surface area (Å²) in [6.07, 6.45) is 0. The van der Waals surface area contributed by atoms with E-state index < -0.39 is 0 Å². The maximum atomic E-state index is 0. The number of hydrogen-bond acceptors (Lipinski definition) is 0. The molecular weight excluding hydrogens is 10500 g/mol. The molecule has 0 saturated carbocycles. The summed E-state index contributed by atoms with van der Waals surface area (Å²) < 4.78 is 0. The van der Waals surface area contributed by atoms with Crippen molar-refractivity contribution in [1.29, 1.82) is 0 Å². The summed E-state index contributed by atoms with van der Waals surface area (Å²) in [5.74, 6) is 0. The monoisotopic (exact) mass is 10500 g/mol. The zero-order valence-corrected chi connectivity index (χ0v) is 403. The molecule has 0 aromatic carbocycles. The van der Waals surface area contributed by atoms with Crippen LogP contribution in [0.2, 0.25) is 0 Å². The van der Waals surface area contributed by atoms with Crippen molar-refractivity contribution in [2.24, 2.45) is 0 Å². The van der Waals surface area contributed by atoms with Crippen LogP contribution in [0.3, 0.4) is 0 Å². The third-order valence-electron chi connectivity index (χ3n) is 0. The molecule has 0 aliphatic carbocycles. The van der Waals surface area contributed by atoms with Gasteiger partial charge in [0.1, 0.15) is 0 Å². The minimum Gasteiger partial charge on any atom is 0 e. The van der Waals surface area contributed by atoms with Crippen molar-refractivity contribution in [3.63, 3.8) is 0 Å². The van der Waals surface area contributed by atoms with Crippen LogP contribution in [0, 0.1) is 0 Å². The molecule has 118 radical (unpaired) electrons. The zero-order valence-electron chi connectivity index (χ0n) is 68.1. The summed E-state index contributed by atoms with van der Waals surface area (Å²) in [4.78, 5) is 0. The van der Waals surface area contributed by atoms with Gasteiger partial charge in [0.05, 0.1) is 0 Å². The van der Waals surface area contributed by atoms with Gasteiger partial charge in [-0.15, -0.1) is 0 Å². The van der Waals surface area contributed by atoms with E-state index in [9.17, 15) is 0 Å². The second kappa shape index (κ2) is 884. The molecule has 118 heteroatoms. The Morgan fingerprint density at radius 2 is 0.00847 bits per heavy atom. The summed E-state index contributed by atoms with van der Waals surface area (Å²) in [7, 11) is 0. The molecule has 0 atom stereocenters. The summed E-state index contributed by atoms with van der Waals surface area (Å²) >= 11 is 0. The van der Waals surface area contributed by atoms with Gasteiger partial charge in [0.15, 0.2) is 0 Å². The molecule has 354 valence electrons. The summed E-state index contributed by atoms with van der Waals surface area (Å²) in [6.45, 7) is 0. The maximum absolute atomic E-state index is 0. The molecular formula is Y118. The molecule has 118 heavy (non-hydrogen) atoms. The maximum Gasteiger partial charge on any atom is 0 e. The molecule has 0 N–H and O–H groups in total. The fourth-order valence-electron chi connectivity index (χ4n) is 0. The van der Waals surface area contributed by atoms with E-state index >= 15 is 0 Å². The van der Waals surface area contributed by atoms with Crippen molar-refractivity contribution < 1.29 is 3860 Å². The van der Waals surface area contributed by atoms with Crippen LogP contribution in [-0.4, -0.2) is 0 Å². The molecule has 0 aliphatic rings. The van der Waals surface area contributed by atoms with Crippen molar-refractivity contribution in [2.45, 2.75) is 0 Å². The van der Waals surface area contributed by atoms with Gasteiger partial charge in [-0.3, -0.25) is 0 Å². The van der Waals surface area contributed by atoms with Crippen molar-refractivity contribution in [1.82, 2.24) is 0 Å². The van der Waals surface area contributed by atoms with Crippen LogP contribution >= 0.6 is 0 Å². The molecule has 0 saturated heterocycles. The van der Waals surface area contributed by atoms with E-state index in [4.69, 9.17) is 0 Å². The zero-order chi connectivity index (χ0) is 0. The Balaban J connectivity index is 0. The molecule has 0 unspecified atom stereocenters. The van der Waals surface area contributed by atoms with Crippen LogP contribution in [0.25, 0.3) is 0 Å². The number of hydrogen-bond donors (Lipinski definition) is 0. The van der Waals surface area contributed by atoms with Gasteiger partial charge in [0.2, 0.25) is 0 Å². The first-order valence-corrected chi connectivity index (χ1v) is 0. The molecule has 0 bridgehead atoms. The fourth-order valence-corrected chi connectivity index (χ4v) is 0. The van der Waals surface area contributed by atoms with Gasteiger partial charge in [-0.2, -0.15) is 0 Å². The van der Waals surface area contributed by atoms with Crippen molar-refractivity contribution in [2.75, 3.05) is 0 Å². The largest absolute Gasteiger partial charge is 0 e. The van der Waals surface area contributed by atoms with Crippen LogP contribution in [-0.2, 0) is 3860 Å². The van der Waals surface area contributed by atoms with Crippen LogP contribution in [0.4, 0.5) is 0 Å². The first-order chi connectivity index (χ1) is 0. The summed E-state index contributed by atoms with van der Waals surface area (Å²) in [5, 5.41) is 0. The van der Waals surface area contributed by atoms with Gasteiger partial charge in [0.25, 0.3) is 0 Å². The van der Waals surface area contributed by atoms with Crippen LogP contribution in [0.15, 0.2) is 0 Å². The van der Waals surface area contributed by atoms with Crippen LogP contribution in [0.5, 0.6) is 0 Å². The third-order valence-corrected chi connectivity index (χ3v) is 0. The van der Waals surface area contributed by atoms with E-state index in [1.54, 1.807) is 0 Å². The fraction of sp³-hybridized carbons (Fsp3) is 0. The molecule has 0 fully saturated rings. The molecule has 0 aliphatic heterocycles. The Morgan fingerprint density at radius 1 is 0.00847 bits per heavy atom. The summed E-state index contributed by atoms with van der Waals surface area (Å²) in [5.41, 5.74) is 0. The molecule has 0 spiro atoms. The number of rotatable bonds is 0. The molecule has 0 aromatic heterocycles. The molecule has 0 heterocycles. The normalized spacial score (nSPS) is 0. The first kappa shape index (κ1) is 895. The summed E-state index contributed by atoms with van der Waals surface area (Å²) in [6, 6.07) is 0. The van der Waals surface area contributed by atoms with E-state index in [0.29, 0.717) is 0 Å². The van der Waals surface area contributed by atoms with Crippen LogP contribution in [0.1, 0.15) is 0 Å². The van der Waals surface area contributed by atoms with E-state index in [1.807, 2.05) is 0 Å². The Bertz CT molecular complexity index is 0. The van der Waals surface area contributed by atoms with Gasteiger partial charge >= 0.3 is 0 Å². The van der Waals surface area contributed by atoms with Gasteiger partial charge in [-0.05, 0) is 0 Å². The minimum atomic E-state index is 0. The first-order valence-electron chi connectivity index (χ1n) is 0. The van der Waals surface area contributed by atoms with E-state index in [0.717, 1.165) is 0 Å². The van der Waals surface area contributed by atoms with E-state index in [2.05, 4.69) is 0 Å². The van der Waals surface area contributed by atoms with Crippen molar-refractivity contribution >= 4 is 0 Å². The minimum absolute atomic E-state index is 0. The van der Waals surface area contributed by atoms with Crippen molar-refractivity contribution in [3.05, 3.63) is 0 Å². The van der Waals surface area contributed by atoms with Crippen molar-refractivity contribution in [3.8, 4) is 0 Å². The predicted molar refractivity (Wildman–Crippen MR) is 0 cm³/mol.